The molecule has 1 aromatic carbocycles. The Bertz CT molecular complexity index is 474. The van der Waals surface area contributed by atoms with Crippen molar-refractivity contribution < 1.29 is 35.1 Å². The van der Waals surface area contributed by atoms with Gasteiger partial charge in [-0.25, -0.2) is 4.79 Å². The van der Waals surface area contributed by atoms with Gasteiger partial charge in [0.05, 0.1) is 6.61 Å². The number of aliphatic hydroxyl groups is 5. The molecule has 0 heterocycles. The minimum atomic E-state index is -1.76. The highest BCUT2D eigenvalue weighted by Gasteiger charge is 2.30. The molecule has 1 aromatic rings. The van der Waals surface area contributed by atoms with Gasteiger partial charge in [-0.2, -0.15) is 0 Å². The molecule has 1 rings (SSSR count). The summed E-state index contributed by atoms with van der Waals surface area (Å²) in [4.78, 5) is 11.4. The molecule has 5 N–H and O–H groups in total. The first-order chi connectivity index (χ1) is 10.5. The quantitative estimate of drug-likeness (QED) is 0.297. The van der Waals surface area contributed by atoms with Gasteiger partial charge in [-0.1, -0.05) is 30.3 Å². The summed E-state index contributed by atoms with van der Waals surface area (Å²) >= 11 is 0. The topological polar surface area (TPSA) is 127 Å². The number of aliphatic hydroxyl groups excluding tert-OH is 5. The summed E-state index contributed by atoms with van der Waals surface area (Å²) in [6.07, 6.45) is -4.02. The normalized spacial score (nSPS) is 17.0. The third-order valence-electron chi connectivity index (χ3n) is 2.93. The standard InChI is InChI=1S/C15H20O7/c16-8-11(17)14(20)15(21)12(18)9-22-13(19)7-6-10-4-2-1-3-5-10/h1-7,11-12,14-18,20-21H,8-9H2/b7-6+/t11-,12-,14-,15-/m1/s1. The van der Waals surface area contributed by atoms with Crippen LogP contribution in [0.25, 0.3) is 6.08 Å². The number of benzene rings is 1. The van der Waals surface area contributed by atoms with Crippen molar-refractivity contribution >= 4 is 12.0 Å². The summed E-state index contributed by atoms with van der Waals surface area (Å²) in [6.45, 7) is -1.33. The molecule has 0 aliphatic heterocycles. The molecule has 7 heteroatoms. The highest BCUT2D eigenvalue weighted by molar-refractivity contribution is 5.87. The average molecular weight is 312 g/mol. The van der Waals surface area contributed by atoms with Crippen molar-refractivity contribution in [3.8, 4) is 0 Å². The van der Waals surface area contributed by atoms with Gasteiger partial charge in [-0.15, -0.1) is 0 Å². The second-order valence-corrected chi connectivity index (χ2v) is 4.67. The van der Waals surface area contributed by atoms with Crippen molar-refractivity contribution in [2.24, 2.45) is 0 Å². The largest absolute Gasteiger partial charge is 0.460 e. The molecule has 0 radical (unpaired) electrons. The van der Waals surface area contributed by atoms with Crippen LogP contribution in [-0.2, 0) is 9.53 Å². The fraction of sp³-hybridized carbons (Fsp3) is 0.400. The smallest absolute Gasteiger partial charge is 0.330 e. The minimum absolute atomic E-state index is 0.561. The van der Waals surface area contributed by atoms with E-state index in [2.05, 4.69) is 0 Å². The lowest BCUT2D eigenvalue weighted by Crippen LogP contribution is -2.47. The molecular weight excluding hydrogens is 292 g/mol. The first-order valence-corrected chi connectivity index (χ1v) is 6.68. The van der Waals surface area contributed by atoms with E-state index in [1.165, 1.54) is 6.08 Å². The molecule has 0 aromatic heterocycles. The van der Waals surface area contributed by atoms with Crippen molar-refractivity contribution in [1.82, 2.24) is 0 Å². The van der Waals surface area contributed by atoms with Crippen molar-refractivity contribution in [2.75, 3.05) is 13.2 Å². The zero-order valence-electron chi connectivity index (χ0n) is 11.8. The lowest BCUT2D eigenvalue weighted by atomic mass is 10.0. The molecule has 0 unspecified atom stereocenters. The fourth-order valence-corrected chi connectivity index (χ4v) is 1.61. The van der Waals surface area contributed by atoms with Gasteiger partial charge >= 0.3 is 5.97 Å². The second kappa shape index (κ2) is 9.29. The van der Waals surface area contributed by atoms with E-state index in [4.69, 9.17) is 14.9 Å². The van der Waals surface area contributed by atoms with E-state index >= 15 is 0 Å². The van der Waals surface area contributed by atoms with Crippen LogP contribution in [0.3, 0.4) is 0 Å². The van der Waals surface area contributed by atoms with E-state index in [1.54, 1.807) is 24.3 Å². The van der Waals surface area contributed by atoms with Crippen LogP contribution in [-0.4, -0.2) is 69.1 Å². The maximum absolute atomic E-state index is 11.4. The molecule has 7 nitrogen and oxygen atoms in total. The van der Waals surface area contributed by atoms with Crippen LogP contribution in [0.5, 0.6) is 0 Å². The van der Waals surface area contributed by atoms with E-state index < -0.39 is 43.6 Å². The van der Waals surface area contributed by atoms with Crippen LogP contribution in [0.2, 0.25) is 0 Å². The average Bonchev–Trinajstić information content (AvgIpc) is 2.56. The summed E-state index contributed by atoms with van der Waals surface area (Å²) in [5.41, 5.74) is 0.793. The van der Waals surface area contributed by atoms with Crippen LogP contribution in [0.1, 0.15) is 5.56 Å². The SMILES string of the molecule is O=C(/C=C/c1ccccc1)OC[C@@H](O)[C@@H](O)[C@H](O)[C@H](O)CO. The molecule has 0 aliphatic carbocycles. The van der Waals surface area contributed by atoms with Gasteiger partial charge in [0, 0.05) is 6.08 Å². The number of ether oxygens (including phenoxy) is 1. The maximum Gasteiger partial charge on any atom is 0.330 e. The molecular formula is C15H20O7. The Labute approximate surface area is 127 Å². The zero-order valence-corrected chi connectivity index (χ0v) is 11.8. The Kier molecular flexibility index (Phi) is 7.72. The predicted octanol–water partition coefficient (Wildman–Crippen LogP) is -1.32. The lowest BCUT2D eigenvalue weighted by molar-refractivity contribution is -0.151. The molecule has 0 aliphatic rings. The predicted molar refractivity (Wildman–Crippen MR) is 77.5 cm³/mol. The Morgan fingerprint density at radius 2 is 1.64 bits per heavy atom. The zero-order chi connectivity index (χ0) is 16.5. The molecule has 0 saturated heterocycles. The van der Waals surface area contributed by atoms with Crippen LogP contribution in [0.4, 0.5) is 0 Å². The first kappa shape index (κ1) is 18.3. The third kappa shape index (κ3) is 5.92. The van der Waals surface area contributed by atoms with E-state index in [-0.39, 0.29) is 0 Å². The molecule has 22 heavy (non-hydrogen) atoms. The van der Waals surface area contributed by atoms with E-state index in [0.717, 1.165) is 11.6 Å². The molecule has 0 fully saturated rings. The minimum Gasteiger partial charge on any atom is -0.460 e. The molecule has 122 valence electrons. The van der Waals surface area contributed by atoms with Gasteiger partial charge in [-0.3, -0.25) is 0 Å². The van der Waals surface area contributed by atoms with Gasteiger partial charge in [0.25, 0.3) is 0 Å². The fourth-order valence-electron chi connectivity index (χ4n) is 1.61. The van der Waals surface area contributed by atoms with Gasteiger partial charge in [0.2, 0.25) is 0 Å². The Balaban J connectivity index is 2.41. The first-order valence-electron chi connectivity index (χ1n) is 6.68. The van der Waals surface area contributed by atoms with Crippen LogP contribution in [0.15, 0.2) is 36.4 Å². The number of carbonyl (C=O) groups excluding carboxylic acids is 1. The molecule has 0 amide bonds. The van der Waals surface area contributed by atoms with E-state index in [1.807, 2.05) is 6.07 Å². The number of carbonyl (C=O) groups is 1. The van der Waals surface area contributed by atoms with Crippen LogP contribution < -0.4 is 0 Å². The summed E-state index contributed by atoms with van der Waals surface area (Å²) in [5, 5.41) is 46.3. The molecule has 0 bridgehead atoms. The van der Waals surface area contributed by atoms with Gasteiger partial charge < -0.3 is 30.3 Å². The summed E-state index contributed by atoms with van der Waals surface area (Å²) in [5.74, 6) is -0.729. The van der Waals surface area contributed by atoms with Crippen LogP contribution >= 0.6 is 0 Å². The lowest BCUT2D eigenvalue weighted by Gasteiger charge is -2.25. The van der Waals surface area contributed by atoms with Crippen molar-refractivity contribution in [2.45, 2.75) is 24.4 Å². The monoisotopic (exact) mass is 312 g/mol. The van der Waals surface area contributed by atoms with Gasteiger partial charge in [0.1, 0.15) is 31.0 Å². The summed E-state index contributed by atoms with van der Waals surface area (Å²) < 4.78 is 4.72. The highest BCUT2D eigenvalue weighted by Crippen LogP contribution is 2.06. The number of hydrogen-bond donors (Lipinski definition) is 5. The Morgan fingerprint density at radius 1 is 1.05 bits per heavy atom. The molecule has 0 saturated carbocycles. The molecule has 0 spiro atoms. The number of hydrogen-bond acceptors (Lipinski definition) is 7. The van der Waals surface area contributed by atoms with Crippen molar-refractivity contribution in [3.05, 3.63) is 42.0 Å². The van der Waals surface area contributed by atoms with Crippen molar-refractivity contribution in [1.29, 1.82) is 0 Å². The third-order valence-corrected chi connectivity index (χ3v) is 2.93. The van der Waals surface area contributed by atoms with Crippen molar-refractivity contribution in [3.63, 3.8) is 0 Å². The summed E-state index contributed by atoms with van der Waals surface area (Å²) in [6, 6.07) is 9.02. The Morgan fingerprint density at radius 3 is 2.23 bits per heavy atom. The van der Waals surface area contributed by atoms with E-state index in [9.17, 15) is 20.1 Å². The molecule has 4 atom stereocenters. The second-order valence-electron chi connectivity index (χ2n) is 4.67. The van der Waals surface area contributed by atoms with Crippen LogP contribution in [0, 0.1) is 0 Å². The van der Waals surface area contributed by atoms with Gasteiger partial charge in [0.15, 0.2) is 0 Å². The van der Waals surface area contributed by atoms with Gasteiger partial charge in [-0.05, 0) is 11.6 Å². The Hall–Kier alpha value is -1.77. The number of esters is 1. The van der Waals surface area contributed by atoms with E-state index in [0.29, 0.717) is 0 Å². The maximum atomic E-state index is 11.4. The highest BCUT2D eigenvalue weighted by atomic mass is 16.5. The number of rotatable bonds is 8. The summed E-state index contributed by atoms with van der Waals surface area (Å²) in [7, 11) is 0.